The van der Waals surface area contributed by atoms with E-state index in [1.165, 1.54) is 0 Å². The van der Waals surface area contributed by atoms with Crippen molar-refractivity contribution in [3.05, 3.63) is 36.3 Å². The zero-order valence-corrected chi connectivity index (χ0v) is 12.4. The molecule has 1 aliphatic heterocycles. The van der Waals surface area contributed by atoms with E-state index in [9.17, 15) is 9.90 Å². The summed E-state index contributed by atoms with van der Waals surface area (Å²) in [6.07, 6.45) is 5.71. The van der Waals surface area contributed by atoms with Gasteiger partial charge >= 0.3 is 5.97 Å². The maximum atomic E-state index is 11.4. The van der Waals surface area contributed by atoms with Gasteiger partial charge in [0.2, 0.25) is 0 Å². The average Bonchev–Trinajstić information content (AvgIpc) is 3.05. The zero-order valence-electron chi connectivity index (χ0n) is 12.4. The molecule has 0 bridgehead atoms. The van der Waals surface area contributed by atoms with E-state index in [0.29, 0.717) is 24.6 Å². The van der Waals surface area contributed by atoms with Gasteiger partial charge in [0.1, 0.15) is 11.9 Å². The summed E-state index contributed by atoms with van der Waals surface area (Å²) in [6, 6.07) is 5.12. The van der Waals surface area contributed by atoms with Crippen molar-refractivity contribution < 1.29 is 9.90 Å². The molecule has 2 aromatic rings. The Morgan fingerprint density at radius 2 is 2.14 bits per heavy atom. The summed E-state index contributed by atoms with van der Waals surface area (Å²) in [5.74, 6) is 0.524. The van der Waals surface area contributed by atoms with Gasteiger partial charge in [-0.3, -0.25) is 4.98 Å². The predicted molar refractivity (Wildman–Crippen MR) is 82.6 cm³/mol. The molecule has 6 heteroatoms. The van der Waals surface area contributed by atoms with Crippen molar-refractivity contribution in [2.24, 2.45) is 0 Å². The number of carboxylic acids is 1. The Kier molecular flexibility index (Phi) is 4.00. The summed E-state index contributed by atoms with van der Waals surface area (Å²) in [6.45, 7) is 2.74. The number of aryl methyl sites for hydroxylation is 1. The van der Waals surface area contributed by atoms with E-state index in [0.717, 1.165) is 24.1 Å². The van der Waals surface area contributed by atoms with Crippen LogP contribution in [0.2, 0.25) is 0 Å². The predicted octanol–water partition coefficient (Wildman–Crippen LogP) is 2.15. The van der Waals surface area contributed by atoms with Gasteiger partial charge in [0.05, 0.1) is 0 Å². The van der Waals surface area contributed by atoms with E-state index in [-0.39, 0.29) is 0 Å². The lowest BCUT2D eigenvalue weighted by molar-refractivity contribution is -0.138. The molecule has 1 aliphatic rings. The molecule has 114 valence electrons. The van der Waals surface area contributed by atoms with Crippen molar-refractivity contribution in [1.29, 1.82) is 0 Å². The summed E-state index contributed by atoms with van der Waals surface area (Å²) in [5, 5.41) is 9.36. The standard InChI is InChI=1S/C16H18N4O2/c1-2-12-10-14(20-9-3-4-13(20)16(21)22)19-15(18-12)11-5-7-17-8-6-11/h5-8,10,13H,2-4,9H2,1H3,(H,21,22)/t13-/m1/s1. The Bertz CT molecular complexity index is 675. The van der Waals surface area contributed by atoms with Crippen LogP contribution in [0.5, 0.6) is 0 Å². The lowest BCUT2D eigenvalue weighted by Crippen LogP contribution is -2.36. The summed E-state index contributed by atoms with van der Waals surface area (Å²) < 4.78 is 0. The number of nitrogens with zero attached hydrogens (tertiary/aromatic N) is 4. The van der Waals surface area contributed by atoms with Crippen LogP contribution in [0.1, 0.15) is 25.5 Å². The van der Waals surface area contributed by atoms with Gasteiger partial charge in [-0.2, -0.15) is 0 Å². The van der Waals surface area contributed by atoms with Crippen LogP contribution in [0.25, 0.3) is 11.4 Å². The molecular formula is C16H18N4O2. The first kappa shape index (κ1) is 14.4. The fourth-order valence-electron chi connectivity index (χ4n) is 2.74. The summed E-state index contributed by atoms with van der Waals surface area (Å²) in [7, 11) is 0. The molecule has 0 saturated carbocycles. The topological polar surface area (TPSA) is 79.2 Å². The summed E-state index contributed by atoms with van der Waals surface area (Å²) in [4.78, 5) is 26.4. The first-order valence-corrected chi connectivity index (χ1v) is 7.47. The van der Waals surface area contributed by atoms with Crippen molar-refractivity contribution in [2.75, 3.05) is 11.4 Å². The monoisotopic (exact) mass is 298 g/mol. The van der Waals surface area contributed by atoms with Crippen LogP contribution >= 0.6 is 0 Å². The molecule has 0 aromatic carbocycles. The lowest BCUT2D eigenvalue weighted by atomic mass is 10.2. The van der Waals surface area contributed by atoms with Crippen LogP contribution < -0.4 is 4.90 Å². The van der Waals surface area contributed by atoms with Crippen LogP contribution in [-0.4, -0.2) is 38.6 Å². The summed E-state index contributed by atoms with van der Waals surface area (Å²) >= 11 is 0. The van der Waals surface area contributed by atoms with Crippen molar-refractivity contribution in [3.63, 3.8) is 0 Å². The van der Waals surface area contributed by atoms with Crippen LogP contribution in [0.3, 0.4) is 0 Å². The fourth-order valence-corrected chi connectivity index (χ4v) is 2.74. The van der Waals surface area contributed by atoms with Crippen LogP contribution in [0.15, 0.2) is 30.6 Å². The van der Waals surface area contributed by atoms with E-state index in [1.54, 1.807) is 12.4 Å². The van der Waals surface area contributed by atoms with Gasteiger partial charge in [-0.15, -0.1) is 0 Å². The first-order valence-electron chi connectivity index (χ1n) is 7.47. The van der Waals surface area contributed by atoms with Gasteiger partial charge in [-0.05, 0) is 31.4 Å². The molecule has 0 spiro atoms. The highest BCUT2D eigenvalue weighted by atomic mass is 16.4. The Balaban J connectivity index is 2.03. The quantitative estimate of drug-likeness (QED) is 0.931. The molecule has 1 saturated heterocycles. The Hall–Kier alpha value is -2.50. The van der Waals surface area contributed by atoms with Crippen molar-refractivity contribution in [1.82, 2.24) is 15.0 Å². The highest BCUT2D eigenvalue weighted by Gasteiger charge is 2.31. The molecule has 0 radical (unpaired) electrons. The second-order valence-electron chi connectivity index (χ2n) is 5.32. The second kappa shape index (κ2) is 6.09. The number of aliphatic carboxylic acids is 1. The molecule has 2 aromatic heterocycles. The number of anilines is 1. The normalized spacial score (nSPS) is 17.7. The third-order valence-electron chi connectivity index (χ3n) is 3.90. The Labute approximate surface area is 128 Å². The number of hydrogen-bond donors (Lipinski definition) is 1. The van der Waals surface area contributed by atoms with E-state index >= 15 is 0 Å². The lowest BCUT2D eigenvalue weighted by Gasteiger charge is -2.23. The van der Waals surface area contributed by atoms with Gasteiger partial charge in [0.25, 0.3) is 0 Å². The molecular weight excluding hydrogens is 280 g/mol. The minimum Gasteiger partial charge on any atom is -0.480 e. The molecule has 1 atom stereocenters. The number of carbonyl (C=O) groups is 1. The number of carboxylic acid groups (broad SMARTS) is 1. The minimum atomic E-state index is -0.792. The Morgan fingerprint density at radius 1 is 1.36 bits per heavy atom. The van der Waals surface area contributed by atoms with E-state index in [2.05, 4.69) is 15.0 Å². The first-order chi connectivity index (χ1) is 10.7. The van der Waals surface area contributed by atoms with Crippen molar-refractivity contribution in [2.45, 2.75) is 32.2 Å². The minimum absolute atomic E-state index is 0.495. The number of hydrogen-bond acceptors (Lipinski definition) is 5. The maximum Gasteiger partial charge on any atom is 0.326 e. The summed E-state index contributed by atoms with van der Waals surface area (Å²) in [5.41, 5.74) is 1.80. The molecule has 3 rings (SSSR count). The van der Waals surface area contributed by atoms with Crippen molar-refractivity contribution >= 4 is 11.8 Å². The Morgan fingerprint density at radius 3 is 2.82 bits per heavy atom. The smallest absolute Gasteiger partial charge is 0.326 e. The van der Waals surface area contributed by atoms with Gasteiger partial charge in [0, 0.05) is 36.3 Å². The molecule has 0 unspecified atom stereocenters. The van der Waals surface area contributed by atoms with Crippen LogP contribution in [-0.2, 0) is 11.2 Å². The van der Waals surface area contributed by atoms with Gasteiger partial charge in [-0.25, -0.2) is 14.8 Å². The average molecular weight is 298 g/mol. The molecule has 3 heterocycles. The van der Waals surface area contributed by atoms with E-state index < -0.39 is 12.0 Å². The van der Waals surface area contributed by atoms with Gasteiger partial charge in [0.15, 0.2) is 5.82 Å². The molecule has 22 heavy (non-hydrogen) atoms. The molecule has 0 amide bonds. The van der Waals surface area contributed by atoms with Crippen LogP contribution in [0.4, 0.5) is 5.82 Å². The third-order valence-corrected chi connectivity index (χ3v) is 3.90. The van der Waals surface area contributed by atoms with Crippen molar-refractivity contribution in [3.8, 4) is 11.4 Å². The number of rotatable bonds is 4. The molecule has 6 nitrogen and oxygen atoms in total. The molecule has 1 fully saturated rings. The highest BCUT2D eigenvalue weighted by molar-refractivity contribution is 5.78. The van der Waals surface area contributed by atoms with Crippen LogP contribution in [0, 0.1) is 0 Å². The van der Waals surface area contributed by atoms with Gasteiger partial charge in [-0.1, -0.05) is 6.92 Å². The number of pyridine rings is 1. The number of aromatic nitrogens is 3. The second-order valence-corrected chi connectivity index (χ2v) is 5.32. The largest absolute Gasteiger partial charge is 0.480 e. The fraction of sp³-hybridized carbons (Fsp3) is 0.375. The molecule has 1 N–H and O–H groups in total. The van der Waals surface area contributed by atoms with E-state index in [1.807, 2.05) is 30.0 Å². The SMILES string of the molecule is CCc1cc(N2CCC[C@@H]2C(=O)O)nc(-c2ccncc2)n1. The van der Waals surface area contributed by atoms with E-state index in [4.69, 9.17) is 0 Å². The maximum absolute atomic E-state index is 11.4. The third kappa shape index (κ3) is 2.77. The zero-order chi connectivity index (χ0) is 15.5. The highest BCUT2D eigenvalue weighted by Crippen LogP contribution is 2.27. The molecule has 0 aliphatic carbocycles. The van der Waals surface area contributed by atoms with Gasteiger partial charge < -0.3 is 10.0 Å².